The number of ketones is 1. The van der Waals surface area contributed by atoms with Crippen LogP contribution in [0.1, 0.15) is 69.8 Å². The number of hydrogen-bond donors (Lipinski definition) is 0. The summed E-state index contributed by atoms with van der Waals surface area (Å²) in [7, 11) is 0. The molecule has 44 heavy (non-hydrogen) atoms. The highest BCUT2D eigenvalue weighted by Gasteiger charge is 2.39. The number of alkyl halides is 12. The summed E-state index contributed by atoms with van der Waals surface area (Å²) < 4.78 is 184. The van der Waals surface area contributed by atoms with Gasteiger partial charge in [-0.3, -0.25) is 4.79 Å². The van der Waals surface area contributed by atoms with Gasteiger partial charge in [-0.1, -0.05) is 0 Å². The van der Waals surface area contributed by atoms with Gasteiger partial charge in [-0.25, -0.2) is 4.39 Å². The number of ether oxygens (including phenoxy) is 2. The molecular formula is C28H19F13O3. The molecule has 0 radical (unpaired) electrons. The molecule has 0 saturated carbocycles. The summed E-state index contributed by atoms with van der Waals surface area (Å²) in [6.45, 7) is 1.86. The minimum Gasteiger partial charge on any atom is -0.338 e. The van der Waals surface area contributed by atoms with E-state index in [4.69, 9.17) is 9.47 Å². The van der Waals surface area contributed by atoms with Gasteiger partial charge in [0.05, 0.1) is 34.5 Å². The smallest absolute Gasteiger partial charge is 0.338 e. The Hall–Kier alpha value is -3.66. The summed E-state index contributed by atoms with van der Waals surface area (Å²) in [6, 6.07) is 4.23. The first-order chi connectivity index (χ1) is 20.0. The largest absolute Gasteiger partial charge is 0.416 e. The van der Waals surface area contributed by atoms with Crippen molar-refractivity contribution in [2.24, 2.45) is 0 Å². The monoisotopic (exact) mass is 650 g/mol. The molecule has 0 unspecified atom stereocenters. The van der Waals surface area contributed by atoms with Crippen molar-refractivity contribution in [1.82, 2.24) is 0 Å². The predicted molar refractivity (Wildman–Crippen MR) is 126 cm³/mol. The molecule has 0 aromatic heterocycles. The summed E-state index contributed by atoms with van der Waals surface area (Å²) in [5.41, 5.74) is -8.78. The van der Waals surface area contributed by atoms with Crippen molar-refractivity contribution >= 4 is 5.78 Å². The molecule has 0 spiro atoms. The van der Waals surface area contributed by atoms with Crippen molar-refractivity contribution in [2.45, 2.75) is 57.1 Å². The third-order valence-corrected chi connectivity index (χ3v) is 6.16. The minimum absolute atomic E-state index is 0.165. The maximum absolute atomic E-state index is 13.4. The molecule has 3 rings (SSSR count). The SMILES string of the molecule is C[C@@H](OC(O[C@H](C)c1cc(C(F)(F)F)cc(C(F)(F)F)c1)C(=O)c1ccc(F)cc1)c1cc(C(F)(F)F)cc(C(F)(F)F)c1. The molecule has 240 valence electrons. The van der Waals surface area contributed by atoms with E-state index in [2.05, 4.69) is 0 Å². The summed E-state index contributed by atoms with van der Waals surface area (Å²) >= 11 is 0. The quantitative estimate of drug-likeness (QED) is 0.138. The molecule has 16 heteroatoms. The Morgan fingerprint density at radius 2 is 0.841 bits per heavy atom. The van der Waals surface area contributed by atoms with E-state index < -0.39 is 88.2 Å². The van der Waals surface area contributed by atoms with Gasteiger partial charge >= 0.3 is 24.7 Å². The van der Waals surface area contributed by atoms with Crippen LogP contribution in [0.25, 0.3) is 0 Å². The fraction of sp³-hybridized carbons (Fsp3) is 0.321. The normalized spacial score (nSPS) is 14.5. The van der Waals surface area contributed by atoms with E-state index in [1.807, 2.05) is 0 Å². The second kappa shape index (κ2) is 12.4. The lowest BCUT2D eigenvalue weighted by Crippen LogP contribution is -2.30. The Labute approximate surface area is 240 Å². The van der Waals surface area contributed by atoms with Crippen LogP contribution in [0.5, 0.6) is 0 Å². The zero-order valence-corrected chi connectivity index (χ0v) is 22.1. The summed E-state index contributed by atoms with van der Waals surface area (Å²) in [5.74, 6) is -2.05. The molecular weight excluding hydrogens is 631 g/mol. The van der Waals surface area contributed by atoms with Crippen molar-refractivity contribution < 1.29 is 71.3 Å². The molecule has 0 aliphatic rings. The van der Waals surface area contributed by atoms with Crippen molar-refractivity contribution in [3.05, 3.63) is 105 Å². The lowest BCUT2D eigenvalue weighted by atomic mass is 10.0. The highest BCUT2D eigenvalue weighted by atomic mass is 19.4. The van der Waals surface area contributed by atoms with Crippen LogP contribution >= 0.6 is 0 Å². The first kappa shape index (κ1) is 34.8. The Balaban J connectivity index is 2.07. The average Bonchev–Trinajstić information content (AvgIpc) is 2.90. The lowest BCUT2D eigenvalue weighted by Gasteiger charge is -2.27. The zero-order chi connectivity index (χ0) is 33.4. The van der Waals surface area contributed by atoms with E-state index in [0.29, 0.717) is 24.3 Å². The summed E-state index contributed by atoms with van der Waals surface area (Å²) in [6.07, 6.45) is -26.9. The second-order valence-electron chi connectivity index (χ2n) is 9.44. The van der Waals surface area contributed by atoms with Gasteiger partial charge in [-0.2, -0.15) is 52.7 Å². The number of rotatable bonds is 8. The fourth-order valence-electron chi connectivity index (χ4n) is 3.86. The van der Waals surface area contributed by atoms with Gasteiger partial charge in [0.2, 0.25) is 12.1 Å². The van der Waals surface area contributed by atoms with Crippen LogP contribution in [0.2, 0.25) is 0 Å². The second-order valence-corrected chi connectivity index (χ2v) is 9.44. The van der Waals surface area contributed by atoms with Crippen molar-refractivity contribution in [3.8, 4) is 0 Å². The number of benzene rings is 3. The third-order valence-electron chi connectivity index (χ3n) is 6.16. The molecule has 0 aliphatic heterocycles. The molecule has 3 nitrogen and oxygen atoms in total. The highest BCUT2D eigenvalue weighted by molar-refractivity contribution is 5.98. The van der Waals surface area contributed by atoms with Crippen LogP contribution in [0, 0.1) is 5.82 Å². The van der Waals surface area contributed by atoms with Crippen molar-refractivity contribution in [1.29, 1.82) is 0 Å². The first-order valence-corrected chi connectivity index (χ1v) is 12.2. The third kappa shape index (κ3) is 8.71. The Bertz CT molecular complexity index is 1320. The van der Waals surface area contributed by atoms with Gasteiger partial charge in [0, 0.05) is 5.56 Å². The zero-order valence-electron chi connectivity index (χ0n) is 22.1. The van der Waals surface area contributed by atoms with Gasteiger partial charge in [-0.05, 0) is 85.6 Å². The summed E-state index contributed by atoms with van der Waals surface area (Å²) in [5, 5.41) is 0. The van der Waals surface area contributed by atoms with E-state index >= 15 is 0 Å². The molecule has 0 aliphatic carbocycles. The number of carbonyl (C=O) groups is 1. The molecule has 0 fully saturated rings. The van der Waals surface area contributed by atoms with E-state index in [1.165, 1.54) is 0 Å². The maximum atomic E-state index is 13.4. The van der Waals surface area contributed by atoms with E-state index in [-0.39, 0.29) is 17.7 Å². The van der Waals surface area contributed by atoms with Crippen LogP contribution in [0.15, 0.2) is 60.7 Å². The molecule has 2 atom stereocenters. The minimum atomic E-state index is -5.25. The predicted octanol–water partition coefficient (Wildman–Crippen LogP) is 9.97. The number of Topliss-reactive ketones (excluding diaryl/α,β-unsaturated/α-hetero) is 1. The standard InChI is InChI=1S/C28H19F13O3/c1-13(16-7-18(25(30,31)32)11-19(8-16)26(33,34)35)43-24(23(42)15-3-5-22(29)6-4-15)44-14(2)17-9-20(27(36,37)38)12-21(10-17)28(39,40)41/h3-14,24H,1-2H3/t13-,14-/m1/s1. The van der Waals surface area contributed by atoms with Crippen LogP contribution in [-0.4, -0.2) is 12.1 Å². The van der Waals surface area contributed by atoms with Gasteiger partial charge in [0.25, 0.3) is 0 Å². The first-order valence-electron chi connectivity index (χ1n) is 12.2. The van der Waals surface area contributed by atoms with Crippen LogP contribution in [-0.2, 0) is 34.2 Å². The Kier molecular flexibility index (Phi) is 9.80. The molecule has 3 aromatic rings. The average molecular weight is 650 g/mol. The van der Waals surface area contributed by atoms with Gasteiger partial charge < -0.3 is 9.47 Å². The molecule has 0 amide bonds. The highest BCUT2D eigenvalue weighted by Crippen LogP contribution is 2.40. The number of halogens is 13. The van der Waals surface area contributed by atoms with Crippen molar-refractivity contribution in [3.63, 3.8) is 0 Å². The number of carbonyl (C=O) groups excluding carboxylic acids is 1. The molecule has 0 bridgehead atoms. The maximum Gasteiger partial charge on any atom is 0.416 e. The molecule has 3 aromatic carbocycles. The molecule has 0 N–H and O–H groups in total. The topological polar surface area (TPSA) is 35.5 Å². The van der Waals surface area contributed by atoms with Gasteiger partial charge in [0.15, 0.2) is 0 Å². The van der Waals surface area contributed by atoms with E-state index in [0.717, 1.165) is 38.1 Å². The van der Waals surface area contributed by atoms with Crippen LogP contribution < -0.4 is 0 Å². The lowest BCUT2D eigenvalue weighted by molar-refractivity contribution is -0.164. The molecule has 0 saturated heterocycles. The van der Waals surface area contributed by atoms with Crippen LogP contribution in [0.3, 0.4) is 0 Å². The number of hydrogen-bond acceptors (Lipinski definition) is 3. The van der Waals surface area contributed by atoms with Crippen LogP contribution in [0.4, 0.5) is 57.1 Å². The van der Waals surface area contributed by atoms with Gasteiger partial charge in [0.1, 0.15) is 5.82 Å². The molecule has 0 heterocycles. The Morgan fingerprint density at radius 1 is 0.545 bits per heavy atom. The van der Waals surface area contributed by atoms with E-state index in [1.54, 1.807) is 0 Å². The van der Waals surface area contributed by atoms with E-state index in [9.17, 15) is 61.9 Å². The Morgan fingerprint density at radius 3 is 1.11 bits per heavy atom. The fourth-order valence-corrected chi connectivity index (χ4v) is 3.86. The van der Waals surface area contributed by atoms with Crippen molar-refractivity contribution in [2.75, 3.05) is 0 Å². The summed E-state index contributed by atoms with van der Waals surface area (Å²) in [4.78, 5) is 13.2. The van der Waals surface area contributed by atoms with Gasteiger partial charge in [-0.15, -0.1) is 0 Å².